The van der Waals surface area contributed by atoms with Gasteiger partial charge in [-0.25, -0.2) is 0 Å². The first-order chi connectivity index (χ1) is 6.20. The van der Waals surface area contributed by atoms with Gasteiger partial charge in [-0.2, -0.15) is 0 Å². The third kappa shape index (κ3) is 1.37. The van der Waals surface area contributed by atoms with Crippen LogP contribution in [0.4, 0.5) is 0 Å². The van der Waals surface area contributed by atoms with Crippen LogP contribution in [0, 0.1) is 3.70 Å². The molecule has 0 N–H and O–H groups in total. The van der Waals surface area contributed by atoms with Gasteiger partial charge in [-0.05, 0) is 40.1 Å². The summed E-state index contributed by atoms with van der Waals surface area (Å²) < 4.78 is 2.62. The van der Waals surface area contributed by atoms with E-state index in [2.05, 4.69) is 22.6 Å². The first-order valence-electron chi connectivity index (χ1n) is 3.94. The fraction of sp³-hybridized carbons (Fsp3) is 0.100. The molecule has 0 radical (unpaired) electrons. The Hall–Kier alpha value is -0.840. The summed E-state index contributed by atoms with van der Waals surface area (Å²) in [7, 11) is 1.79. The van der Waals surface area contributed by atoms with Crippen LogP contribution in [0.2, 0.25) is 0 Å². The molecule has 66 valence electrons. The largest absolute Gasteiger partial charge is 0.306 e. The summed E-state index contributed by atoms with van der Waals surface area (Å²) in [4.78, 5) is 11.7. The zero-order valence-electron chi connectivity index (χ0n) is 7.12. The summed E-state index contributed by atoms with van der Waals surface area (Å²) in [6.07, 6.45) is 0. The zero-order chi connectivity index (χ0) is 9.42. The molecule has 2 nitrogen and oxygen atoms in total. The van der Waals surface area contributed by atoms with Crippen molar-refractivity contribution in [3.05, 3.63) is 44.4 Å². The molecule has 13 heavy (non-hydrogen) atoms. The van der Waals surface area contributed by atoms with E-state index < -0.39 is 0 Å². The number of nitrogens with zero attached hydrogens (tertiary/aromatic N) is 1. The molecule has 0 bridgehead atoms. The van der Waals surface area contributed by atoms with Crippen molar-refractivity contribution in [1.29, 1.82) is 0 Å². The van der Waals surface area contributed by atoms with Crippen LogP contribution in [-0.2, 0) is 7.05 Å². The topological polar surface area (TPSA) is 22.0 Å². The number of benzene rings is 1. The van der Waals surface area contributed by atoms with Crippen molar-refractivity contribution in [3.63, 3.8) is 0 Å². The average molecular weight is 285 g/mol. The van der Waals surface area contributed by atoms with Crippen molar-refractivity contribution in [3.8, 4) is 0 Å². The lowest BCUT2D eigenvalue weighted by molar-refractivity contribution is 0.844. The third-order valence-electron chi connectivity index (χ3n) is 2.09. The molecule has 0 unspecified atom stereocenters. The second-order valence-electron chi connectivity index (χ2n) is 2.92. The molecule has 0 amide bonds. The van der Waals surface area contributed by atoms with Gasteiger partial charge in [0.1, 0.15) is 0 Å². The predicted molar refractivity (Wildman–Crippen MR) is 61.9 cm³/mol. The molecule has 2 aromatic rings. The van der Waals surface area contributed by atoms with Gasteiger partial charge in [0.2, 0.25) is 0 Å². The molecule has 0 fully saturated rings. The van der Waals surface area contributed by atoms with E-state index in [4.69, 9.17) is 0 Å². The van der Waals surface area contributed by atoms with Crippen molar-refractivity contribution < 1.29 is 0 Å². The van der Waals surface area contributed by atoms with Crippen LogP contribution in [0.3, 0.4) is 0 Å². The van der Waals surface area contributed by atoms with Crippen LogP contribution >= 0.6 is 22.6 Å². The average Bonchev–Trinajstić information content (AvgIpc) is 2.15. The molecule has 0 saturated carbocycles. The maximum absolute atomic E-state index is 11.7. The molecule has 3 heteroatoms. The number of rotatable bonds is 0. The summed E-state index contributed by atoms with van der Waals surface area (Å²) in [5.74, 6) is 0. The first-order valence-corrected chi connectivity index (χ1v) is 5.02. The van der Waals surface area contributed by atoms with Crippen molar-refractivity contribution in [2.45, 2.75) is 0 Å². The Balaban J connectivity index is 3.03. The summed E-state index contributed by atoms with van der Waals surface area (Å²) in [6, 6.07) is 9.65. The predicted octanol–water partition coefficient (Wildman–Crippen LogP) is 2.14. The number of hydrogen-bond acceptors (Lipinski definition) is 1. The summed E-state index contributed by atoms with van der Waals surface area (Å²) in [5, 5.41) is 1.79. The van der Waals surface area contributed by atoms with Gasteiger partial charge >= 0.3 is 0 Å². The Bertz CT molecular complexity index is 516. The monoisotopic (exact) mass is 285 g/mol. The van der Waals surface area contributed by atoms with Crippen LogP contribution in [0.1, 0.15) is 0 Å². The van der Waals surface area contributed by atoms with Gasteiger partial charge < -0.3 is 4.57 Å². The highest BCUT2D eigenvalue weighted by atomic mass is 127. The molecule has 0 aliphatic heterocycles. The Morgan fingerprint density at radius 1 is 1.31 bits per heavy atom. The van der Waals surface area contributed by atoms with Crippen LogP contribution in [0.25, 0.3) is 10.8 Å². The van der Waals surface area contributed by atoms with Crippen molar-refractivity contribution in [2.24, 2.45) is 7.05 Å². The van der Waals surface area contributed by atoms with Crippen LogP contribution in [0.5, 0.6) is 0 Å². The number of pyridine rings is 1. The Morgan fingerprint density at radius 2 is 2.00 bits per heavy atom. The molecule has 0 aliphatic rings. The van der Waals surface area contributed by atoms with E-state index in [1.807, 2.05) is 30.3 Å². The number of fused-ring (bicyclic) bond motifs is 1. The lowest BCUT2D eigenvalue weighted by Gasteiger charge is -2.03. The van der Waals surface area contributed by atoms with E-state index in [1.165, 1.54) is 0 Å². The van der Waals surface area contributed by atoms with E-state index >= 15 is 0 Å². The number of hydrogen-bond donors (Lipinski definition) is 0. The van der Waals surface area contributed by atoms with E-state index in [1.54, 1.807) is 11.6 Å². The minimum atomic E-state index is 0.0718. The smallest absolute Gasteiger partial charge is 0.258 e. The van der Waals surface area contributed by atoms with Crippen molar-refractivity contribution in [2.75, 3.05) is 0 Å². The standard InChI is InChI=1S/C10H8INO/c1-12-9(11)6-7-4-2-3-5-8(7)10(12)13/h2-6H,1H3. The zero-order valence-corrected chi connectivity index (χ0v) is 9.28. The van der Waals surface area contributed by atoms with Crippen LogP contribution in [0.15, 0.2) is 35.1 Å². The van der Waals surface area contributed by atoms with Gasteiger partial charge in [0.15, 0.2) is 0 Å². The van der Waals surface area contributed by atoms with Gasteiger partial charge in [-0.1, -0.05) is 18.2 Å². The highest BCUT2D eigenvalue weighted by molar-refractivity contribution is 14.1. The fourth-order valence-corrected chi connectivity index (χ4v) is 1.88. The second-order valence-corrected chi connectivity index (χ2v) is 4.02. The van der Waals surface area contributed by atoms with E-state index in [0.29, 0.717) is 0 Å². The van der Waals surface area contributed by atoms with Gasteiger partial charge in [0.25, 0.3) is 5.56 Å². The molecule has 1 aromatic heterocycles. The minimum Gasteiger partial charge on any atom is -0.306 e. The van der Waals surface area contributed by atoms with E-state index in [9.17, 15) is 4.79 Å². The van der Waals surface area contributed by atoms with Gasteiger partial charge in [0.05, 0.1) is 3.70 Å². The summed E-state index contributed by atoms with van der Waals surface area (Å²) in [5.41, 5.74) is 0.0718. The fourth-order valence-electron chi connectivity index (χ4n) is 1.32. The molecular weight excluding hydrogens is 277 g/mol. The molecule has 2 rings (SSSR count). The molecule has 0 atom stereocenters. The molecule has 0 saturated heterocycles. The molecule has 1 aromatic carbocycles. The van der Waals surface area contributed by atoms with E-state index in [0.717, 1.165) is 14.5 Å². The Kier molecular flexibility index (Phi) is 2.11. The maximum Gasteiger partial charge on any atom is 0.258 e. The third-order valence-corrected chi connectivity index (χ3v) is 3.13. The van der Waals surface area contributed by atoms with E-state index in [-0.39, 0.29) is 5.56 Å². The lowest BCUT2D eigenvalue weighted by Crippen LogP contribution is -2.18. The Labute approximate surface area is 89.3 Å². The van der Waals surface area contributed by atoms with Gasteiger partial charge in [0, 0.05) is 12.4 Å². The van der Waals surface area contributed by atoms with Gasteiger partial charge in [-0.15, -0.1) is 0 Å². The highest BCUT2D eigenvalue weighted by Gasteiger charge is 2.02. The SMILES string of the molecule is Cn1c(I)cc2ccccc2c1=O. The normalized spacial score (nSPS) is 10.6. The number of aromatic nitrogens is 1. The maximum atomic E-state index is 11.7. The molecule has 1 heterocycles. The van der Waals surface area contributed by atoms with Crippen molar-refractivity contribution in [1.82, 2.24) is 4.57 Å². The minimum absolute atomic E-state index is 0.0718. The highest BCUT2D eigenvalue weighted by Crippen LogP contribution is 2.12. The molecule has 0 aliphatic carbocycles. The quantitative estimate of drug-likeness (QED) is 0.537. The number of halogens is 1. The Morgan fingerprint density at radius 3 is 2.77 bits per heavy atom. The van der Waals surface area contributed by atoms with Crippen molar-refractivity contribution >= 4 is 33.4 Å². The second kappa shape index (κ2) is 3.14. The summed E-state index contributed by atoms with van der Waals surface area (Å²) >= 11 is 2.16. The van der Waals surface area contributed by atoms with Gasteiger partial charge in [-0.3, -0.25) is 4.79 Å². The summed E-state index contributed by atoms with van der Waals surface area (Å²) in [6.45, 7) is 0. The molecular formula is C10H8INO. The first kappa shape index (κ1) is 8.74. The van der Waals surface area contributed by atoms with Crippen LogP contribution < -0.4 is 5.56 Å². The lowest BCUT2D eigenvalue weighted by atomic mass is 10.2. The molecule has 0 spiro atoms. The van der Waals surface area contributed by atoms with Crippen LogP contribution in [-0.4, -0.2) is 4.57 Å².